The fourth-order valence-electron chi connectivity index (χ4n) is 2.20. The molecule has 94 valence electrons. The van der Waals surface area contributed by atoms with E-state index in [4.69, 9.17) is 14.7 Å². The molecule has 1 unspecified atom stereocenters. The minimum atomic E-state index is -1.56. The molecule has 8 nitrogen and oxygen atoms in total. The zero-order valence-corrected chi connectivity index (χ0v) is 9.37. The lowest BCUT2D eigenvalue weighted by Crippen LogP contribution is -2.71. The van der Waals surface area contributed by atoms with Crippen molar-refractivity contribution in [1.82, 2.24) is 9.80 Å². The van der Waals surface area contributed by atoms with Crippen LogP contribution in [-0.2, 0) is 9.47 Å². The van der Waals surface area contributed by atoms with Crippen LogP contribution in [0.15, 0.2) is 0 Å². The summed E-state index contributed by atoms with van der Waals surface area (Å²) in [4.78, 5) is 13.8. The molecule has 0 radical (unpaired) electrons. The van der Waals surface area contributed by atoms with E-state index in [1.54, 1.807) is 4.90 Å². The number of rotatable bonds is 2. The molecule has 0 saturated carbocycles. The molecule has 2 aliphatic heterocycles. The van der Waals surface area contributed by atoms with Crippen LogP contribution in [0, 0.1) is 21.6 Å². The van der Waals surface area contributed by atoms with E-state index in [0.29, 0.717) is 32.9 Å². The highest BCUT2D eigenvalue weighted by Crippen LogP contribution is 2.25. The lowest BCUT2D eigenvalue weighted by molar-refractivity contribution is -0.640. The highest BCUT2D eigenvalue weighted by atomic mass is 16.6. The molecule has 0 aromatic rings. The third kappa shape index (κ3) is 1.93. The molecule has 0 bridgehead atoms. The molecule has 0 N–H and O–H groups in total. The largest absolute Gasteiger partial charge is 0.389 e. The Kier molecular flexibility index (Phi) is 3.42. The summed E-state index contributed by atoms with van der Waals surface area (Å²) in [7, 11) is 0. The summed E-state index contributed by atoms with van der Waals surface area (Å²) >= 11 is 0. The second kappa shape index (κ2) is 4.83. The first-order valence-corrected chi connectivity index (χ1v) is 5.44. The number of nitro groups is 1. The fourth-order valence-corrected chi connectivity index (χ4v) is 2.20. The Hall–Kier alpha value is -1.43. The molecular weight excluding hydrogens is 228 g/mol. The van der Waals surface area contributed by atoms with E-state index >= 15 is 0 Å². The van der Waals surface area contributed by atoms with Crippen LogP contribution in [0.1, 0.15) is 0 Å². The van der Waals surface area contributed by atoms with E-state index in [0.717, 1.165) is 0 Å². The van der Waals surface area contributed by atoms with Crippen molar-refractivity contribution in [3.05, 3.63) is 10.1 Å². The van der Waals surface area contributed by atoms with Gasteiger partial charge < -0.3 is 9.47 Å². The van der Waals surface area contributed by atoms with Crippen molar-refractivity contribution in [1.29, 1.82) is 5.26 Å². The molecule has 0 aromatic heterocycles. The van der Waals surface area contributed by atoms with Crippen molar-refractivity contribution in [2.45, 2.75) is 5.79 Å². The molecule has 2 saturated heterocycles. The topological polar surface area (TPSA) is 91.9 Å². The monoisotopic (exact) mass is 242 g/mol. The van der Waals surface area contributed by atoms with Gasteiger partial charge in [0.15, 0.2) is 12.8 Å². The van der Waals surface area contributed by atoms with Crippen LogP contribution in [-0.4, -0.2) is 66.6 Å². The zero-order chi connectivity index (χ0) is 12.3. The first kappa shape index (κ1) is 12.0. The predicted octanol–water partition coefficient (Wildman–Crippen LogP) is -0.938. The predicted molar refractivity (Wildman–Crippen MR) is 55.3 cm³/mol. The Morgan fingerprint density at radius 2 is 1.88 bits per heavy atom. The third-order valence-corrected chi connectivity index (χ3v) is 3.12. The maximum Gasteiger partial charge on any atom is 0.389 e. The van der Waals surface area contributed by atoms with E-state index in [1.807, 2.05) is 6.19 Å². The van der Waals surface area contributed by atoms with Gasteiger partial charge in [0, 0.05) is 13.1 Å². The summed E-state index contributed by atoms with van der Waals surface area (Å²) in [5, 5.41) is 20.5. The second-order valence-corrected chi connectivity index (χ2v) is 3.94. The third-order valence-electron chi connectivity index (χ3n) is 3.12. The van der Waals surface area contributed by atoms with Gasteiger partial charge in [-0.2, -0.15) is 5.26 Å². The van der Waals surface area contributed by atoms with Gasteiger partial charge in [-0.15, -0.1) is 0 Å². The quantitative estimate of drug-likeness (QED) is 0.350. The Morgan fingerprint density at radius 3 is 2.47 bits per heavy atom. The van der Waals surface area contributed by atoms with Gasteiger partial charge in [0.2, 0.25) is 0 Å². The van der Waals surface area contributed by atoms with Gasteiger partial charge in [0.25, 0.3) is 0 Å². The van der Waals surface area contributed by atoms with Gasteiger partial charge in [-0.3, -0.25) is 10.1 Å². The zero-order valence-electron chi connectivity index (χ0n) is 9.37. The maximum atomic E-state index is 11.4. The molecule has 1 atom stereocenters. The average Bonchev–Trinajstić information content (AvgIpc) is 2.39. The van der Waals surface area contributed by atoms with Gasteiger partial charge in [-0.05, 0) is 0 Å². The number of hydrogen-bond acceptors (Lipinski definition) is 7. The first-order valence-electron chi connectivity index (χ1n) is 5.44. The lowest BCUT2D eigenvalue weighted by atomic mass is 10.2. The van der Waals surface area contributed by atoms with Crippen LogP contribution >= 0.6 is 0 Å². The number of ether oxygens (including phenoxy) is 2. The van der Waals surface area contributed by atoms with Gasteiger partial charge in [0.1, 0.15) is 0 Å². The van der Waals surface area contributed by atoms with Gasteiger partial charge in [-0.1, -0.05) is 0 Å². The Balaban J connectivity index is 2.29. The molecule has 2 aliphatic rings. The minimum Gasteiger partial charge on any atom is -0.379 e. The molecule has 0 aromatic carbocycles. The standard InChI is InChI=1S/C9H14N4O4/c10-8-12-3-6-17-7-9(12,13(14)15)11-1-4-16-5-2-11/h1-7H2. The van der Waals surface area contributed by atoms with E-state index in [2.05, 4.69) is 0 Å². The smallest absolute Gasteiger partial charge is 0.379 e. The van der Waals surface area contributed by atoms with Gasteiger partial charge >= 0.3 is 5.79 Å². The number of morpholine rings is 2. The van der Waals surface area contributed by atoms with Crippen molar-refractivity contribution in [2.24, 2.45) is 0 Å². The summed E-state index contributed by atoms with van der Waals surface area (Å²) in [5.41, 5.74) is 0. The molecule has 2 heterocycles. The van der Waals surface area contributed by atoms with Gasteiger partial charge in [-0.25, -0.2) is 9.80 Å². The summed E-state index contributed by atoms with van der Waals surface area (Å²) in [6.45, 7) is 2.24. The van der Waals surface area contributed by atoms with E-state index < -0.39 is 10.7 Å². The van der Waals surface area contributed by atoms with Crippen molar-refractivity contribution < 1.29 is 14.4 Å². The highest BCUT2D eigenvalue weighted by Gasteiger charge is 2.56. The maximum absolute atomic E-state index is 11.4. The second-order valence-electron chi connectivity index (χ2n) is 3.94. The fraction of sp³-hybridized carbons (Fsp3) is 0.889. The van der Waals surface area contributed by atoms with Crippen LogP contribution in [0.4, 0.5) is 0 Å². The van der Waals surface area contributed by atoms with Crippen LogP contribution in [0.25, 0.3) is 0 Å². The van der Waals surface area contributed by atoms with Crippen LogP contribution in [0.5, 0.6) is 0 Å². The van der Waals surface area contributed by atoms with Crippen molar-refractivity contribution in [3.8, 4) is 6.19 Å². The summed E-state index contributed by atoms with van der Waals surface area (Å²) in [6, 6.07) is 0. The molecule has 0 aliphatic carbocycles. The van der Waals surface area contributed by atoms with Crippen molar-refractivity contribution >= 4 is 0 Å². The highest BCUT2D eigenvalue weighted by molar-refractivity contribution is 4.92. The molecule has 0 spiro atoms. The average molecular weight is 242 g/mol. The molecular formula is C9H14N4O4. The minimum absolute atomic E-state index is 0.0897. The number of hydrogen-bond donors (Lipinski definition) is 0. The molecule has 2 fully saturated rings. The summed E-state index contributed by atoms with van der Waals surface area (Å²) in [6.07, 6.45) is 1.90. The lowest BCUT2D eigenvalue weighted by Gasteiger charge is -2.43. The van der Waals surface area contributed by atoms with E-state index in [1.165, 1.54) is 4.90 Å². The summed E-state index contributed by atoms with van der Waals surface area (Å²) in [5.74, 6) is -1.56. The SMILES string of the molecule is N#CN1CCOCC1(N1CCOCC1)[N+](=O)[O-]. The van der Waals surface area contributed by atoms with E-state index in [-0.39, 0.29) is 13.2 Å². The molecule has 17 heavy (non-hydrogen) atoms. The van der Waals surface area contributed by atoms with E-state index in [9.17, 15) is 10.1 Å². The first-order chi connectivity index (χ1) is 8.21. The Bertz CT molecular complexity index is 338. The van der Waals surface area contributed by atoms with Gasteiger partial charge in [0.05, 0.1) is 31.3 Å². The Morgan fingerprint density at radius 1 is 1.24 bits per heavy atom. The number of nitrogens with zero attached hydrogens (tertiary/aromatic N) is 4. The molecule has 0 amide bonds. The van der Waals surface area contributed by atoms with Crippen LogP contribution in [0.2, 0.25) is 0 Å². The molecule has 8 heteroatoms. The van der Waals surface area contributed by atoms with Crippen LogP contribution < -0.4 is 0 Å². The summed E-state index contributed by atoms with van der Waals surface area (Å²) < 4.78 is 10.4. The Labute approximate surface area is 98.4 Å². The molecule has 2 rings (SSSR count). The van der Waals surface area contributed by atoms with Crippen molar-refractivity contribution in [2.75, 3.05) is 46.1 Å². The number of nitriles is 1. The normalized spacial score (nSPS) is 30.9. The van der Waals surface area contributed by atoms with Crippen LogP contribution in [0.3, 0.4) is 0 Å². The van der Waals surface area contributed by atoms with Crippen molar-refractivity contribution in [3.63, 3.8) is 0 Å².